The fraction of sp³-hybridized carbons (Fsp3) is 0.889. The SMILES string of the molecule is COC(=O)CCCCCCCCCCCN(C)C(=O)COC(C)C(C)OCC(=O)N(C)CCCCCCCCCCCC(=O)OC. The van der Waals surface area contributed by atoms with Crippen LogP contribution in [0.5, 0.6) is 0 Å². The lowest BCUT2D eigenvalue weighted by Gasteiger charge is -2.24. The average Bonchev–Trinajstić information content (AvgIpc) is 3.06. The molecule has 0 heterocycles. The molecule has 0 radical (unpaired) electrons. The third-order valence-electron chi connectivity index (χ3n) is 8.66. The molecule has 0 fully saturated rings. The molecule has 0 saturated heterocycles. The molecule has 0 aromatic carbocycles. The van der Waals surface area contributed by atoms with E-state index in [1.165, 1.54) is 65.6 Å². The number of methoxy groups -OCH3 is 2. The van der Waals surface area contributed by atoms with Crippen LogP contribution in [0.1, 0.15) is 142 Å². The first kappa shape index (κ1) is 43.8. The summed E-state index contributed by atoms with van der Waals surface area (Å²) in [5, 5.41) is 0. The Morgan fingerprint density at radius 1 is 0.457 bits per heavy atom. The molecule has 270 valence electrons. The summed E-state index contributed by atoms with van der Waals surface area (Å²) in [6.45, 7) is 5.18. The average molecular weight is 657 g/mol. The third kappa shape index (κ3) is 25.9. The number of esters is 2. The molecule has 2 unspecified atom stereocenters. The molecular weight excluding hydrogens is 588 g/mol. The number of carbonyl (C=O) groups excluding carboxylic acids is 4. The fourth-order valence-electron chi connectivity index (χ4n) is 5.06. The maximum absolute atomic E-state index is 12.5. The van der Waals surface area contributed by atoms with E-state index in [9.17, 15) is 19.2 Å². The van der Waals surface area contributed by atoms with Gasteiger partial charge in [-0.2, -0.15) is 0 Å². The van der Waals surface area contributed by atoms with Gasteiger partial charge in [0, 0.05) is 40.0 Å². The van der Waals surface area contributed by atoms with E-state index in [2.05, 4.69) is 9.47 Å². The number of rotatable bonds is 31. The number of ether oxygens (including phenoxy) is 4. The van der Waals surface area contributed by atoms with Gasteiger partial charge in [-0.15, -0.1) is 0 Å². The van der Waals surface area contributed by atoms with Crippen LogP contribution in [0.15, 0.2) is 0 Å². The Morgan fingerprint density at radius 2 is 0.717 bits per heavy atom. The molecule has 0 aliphatic rings. The van der Waals surface area contributed by atoms with Gasteiger partial charge in [0.1, 0.15) is 13.2 Å². The summed E-state index contributed by atoms with van der Waals surface area (Å²) in [7, 11) is 6.50. The topological polar surface area (TPSA) is 112 Å². The van der Waals surface area contributed by atoms with Gasteiger partial charge in [-0.05, 0) is 39.5 Å². The van der Waals surface area contributed by atoms with E-state index in [0.29, 0.717) is 12.8 Å². The van der Waals surface area contributed by atoms with Gasteiger partial charge in [-0.1, -0.05) is 89.9 Å². The van der Waals surface area contributed by atoms with Crippen molar-refractivity contribution >= 4 is 23.8 Å². The molecule has 0 bridgehead atoms. The van der Waals surface area contributed by atoms with Gasteiger partial charge < -0.3 is 28.7 Å². The normalized spacial score (nSPS) is 12.4. The minimum Gasteiger partial charge on any atom is -0.469 e. The first-order valence-corrected chi connectivity index (χ1v) is 18.0. The predicted molar refractivity (Wildman–Crippen MR) is 182 cm³/mol. The smallest absolute Gasteiger partial charge is 0.305 e. The van der Waals surface area contributed by atoms with E-state index in [-0.39, 0.29) is 49.2 Å². The Morgan fingerprint density at radius 3 is 1.00 bits per heavy atom. The van der Waals surface area contributed by atoms with E-state index in [0.717, 1.165) is 77.3 Å². The van der Waals surface area contributed by atoms with Crippen molar-refractivity contribution < 1.29 is 38.1 Å². The summed E-state index contributed by atoms with van der Waals surface area (Å²) in [4.78, 5) is 50.7. The van der Waals surface area contributed by atoms with Crippen molar-refractivity contribution in [2.24, 2.45) is 0 Å². The number of nitrogens with zero attached hydrogens (tertiary/aromatic N) is 2. The molecule has 10 heteroatoms. The molecule has 0 aliphatic carbocycles. The van der Waals surface area contributed by atoms with Gasteiger partial charge in [-0.25, -0.2) is 0 Å². The first-order chi connectivity index (χ1) is 22.1. The van der Waals surface area contributed by atoms with Crippen LogP contribution in [0.25, 0.3) is 0 Å². The quantitative estimate of drug-likeness (QED) is 0.0588. The van der Waals surface area contributed by atoms with Crippen LogP contribution in [0.3, 0.4) is 0 Å². The largest absolute Gasteiger partial charge is 0.469 e. The number of unbranched alkanes of at least 4 members (excludes halogenated alkanes) is 16. The zero-order valence-electron chi connectivity index (χ0n) is 30.3. The monoisotopic (exact) mass is 656 g/mol. The highest BCUT2D eigenvalue weighted by molar-refractivity contribution is 5.77. The Balaban J connectivity index is 3.78. The lowest BCUT2D eigenvalue weighted by Crippen LogP contribution is -2.37. The fourth-order valence-corrected chi connectivity index (χ4v) is 5.06. The number of carbonyl (C=O) groups is 4. The number of likely N-dealkylation sites (N-methyl/N-ethyl adjacent to an activating group) is 2. The number of amides is 2. The molecule has 0 rings (SSSR count). The van der Waals surface area contributed by atoms with Crippen LogP contribution in [0.2, 0.25) is 0 Å². The molecule has 2 atom stereocenters. The Hall–Kier alpha value is -2.20. The standard InChI is InChI=1S/C36H68N2O8/c1-31(45-29-33(39)37(3)27-23-19-15-11-7-9-13-17-21-25-35(41)43-5)32(2)46-30-34(40)38(4)28-24-20-16-12-8-10-14-18-22-26-36(42)44-6/h31-32H,7-30H2,1-6H3. The highest BCUT2D eigenvalue weighted by atomic mass is 16.5. The van der Waals surface area contributed by atoms with Gasteiger partial charge in [-0.3, -0.25) is 19.2 Å². The molecule has 0 aromatic heterocycles. The first-order valence-electron chi connectivity index (χ1n) is 18.0. The van der Waals surface area contributed by atoms with Gasteiger partial charge in [0.05, 0.1) is 26.4 Å². The molecule has 10 nitrogen and oxygen atoms in total. The third-order valence-corrected chi connectivity index (χ3v) is 8.66. The minimum absolute atomic E-state index is 0.00455. The van der Waals surface area contributed by atoms with Crippen molar-refractivity contribution in [3.63, 3.8) is 0 Å². The summed E-state index contributed by atoms with van der Waals surface area (Å²) in [6.07, 6.45) is 20.5. The highest BCUT2D eigenvalue weighted by Gasteiger charge is 2.19. The molecule has 0 saturated carbocycles. The summed E-state index contributed by atoms with van der Waals surface area (Å²) >= 11 is 0. The molecule has 0 aromatic rings. The molecule has 0 aliphatic heterocycles. The van der Waals surface area contributed by atoms with Crippen LogP contribution in [-0.4, -0.2) is 100 Å². The number of hydrogen-bond donors (Lipinski definition) is 0. The van der Waals surface area contributed by atoms with Crippen LogP contribution in [0, 0.1) is 0 Å². The van der Waals surface area contributed by atoms with E-state index in [1.807, 2.05) is 27.9 Å². The summed E-state index contributed by atoms with van der Waals surface area (Å²) in [5.41, 5.74) is 0. The van der Waals surface area contributed by atoms with Crippen LogP contribution in [-0.2, 0) is 38.1 Å². The van der Waals surface area contributed by atoms with Gasteiger partial charge >= 0.3 is 11.9 Å². The summed E-state index contributed by atoms with van der Waals surface area (Å²) < 4.78 is 20.8. The Kier molecular flexibility index (Phi) is 28.7. The minimum atomic E-state index is -0.302. The maximum Gasteiger partial charge on any atom is 0.305 e. The second-order valence-corrected chi connectivity index (χ2v) is 12.7. The summed E-state index contributed by atoms with van der Waals surface area (Å²) in [6, 6.07) is 0. The van der Waals surface area contributed by atoms with Crippen molar-refractivity contribution in [2.45, 2.75) is 154 Å². The van der Waals surface area contributed by atoms with Crippen molar-refractivity contribution in [3.8, 4) is 0 Å². The molecular formula is C36H68N2O8. The van der Waals surface area contributed by atoms with Gasteiger partial charge in [0.15, 0.2) is 0 Å². The van der Waals surface area contributed by atoms with Crippen LogP contribution >= 0.6 is 0 Å². The van der Waals surface area contributed by atoms with Crippen LogP contribution in [0.4, 0.5) is 0 Å². The van der Waals surface area contributed by atoms with E-state index in [1.54, 1.807) is 9.80 Å². The van der Waals surface area contributed by atoms with Gasteiger partial charge in [0.25, 0.3) is 0 Å². The van der Waals surface area contributed by atoms with E-state index >= 15 is 0 Å². The second kappa shape index (κ2) is 30.2. The molecule has 0 spiro atoms. The lowest BCUT2D eigenvalue weighted by molar-refractivity contribution is -0.145. The molecule has 0 N–H and O–H groups in total. The zero-order valence-corrected chi connectivity index (χ0v) is 30.3. The predicted octanol–water partition coefficient (Wildman–Crippen LogP) is 6.86. The zero-order chi connectivity index (χ0) is 34.4. The van der Waals surface area contributed by atoms with Crippen LogP contribution < -0.4 is 0 Å². The van der Waals surface area contributed by atoms with E-state index in [4.69, 9.17) is 9.47 Å². The number of hydrogen-bond acceptors (Lipinski definition) is 8. The van der Waals surface area contributed by atoms with Crippen molar-refractivity contribution in [1.29, 1.82) is 0 Å². The Labute approximate surface area is 280 Å². The second-order valence-electron chi connectivity index (χ2n) is 12.7. The van der Waals surface area contributed by atoms with Crippen molar-refractivity contribution in [1.82, 2.24) is 9.80 Å². The van der Waals surface area contributed by atoms with Crippen molar-refractivity contribution in [2.75, 3.05) is 54.6 Å². The lowest BCUT2D eigenvalue weighted by atomic mass is 10.1. The molecule has 46 heavy (non-hydrogen) atoms. The van der Waals surface area contributed by atoms with Gasteiger partial charge in [0.2, 0.25) is 11.8 Å². The maximum atomic E-state index is 12.5. The summed E-state index contributed by atoms with van der Waals surface area (Å²) in [5.74, 6) is -0.332. The molecule has 2 amide bonds. The van der Waals surface area contributed by atoms with E-state index < -0.39 is 0 Å². The highest BCUT2D eigenvalue weighted by Crippen LogP contribution is 2.13. The Bertz CT molecular complexity index is 730. The van der Waals surface area contributed by atoms with Crippen molar-refractivity contribution in [3.05, 3.63) is 0 Å².